The highest BCUT2D eigenvalue weighted by atomic mass is 16.2. The van der Waals surface area contributed by atoms with E-state index in [1.807, 2.05) is 27.7 Å². The van der Waals surface area contributed by atoms with E-state index in [1.54, 1.807) is 35.1 Å². The van der Waals surface area contributed by atoms with Crippen molar-refractivity contribution in [3.05, 3.63) is 47.8 Å². The van der Waals surface area contributed by atoms with E-state index >= 15 is 0 Å². The van der Waals surface area contributed by atoms with Gasteiger partial charge in [0.2, 0.25) is 0 Å². The fraction of sp³-hybridized carbons (Fsp3) is 0.389. The third kappa shape index (κ3) is 4.68. The van der Waals surface area contributed by atoms with Gasteiger partial charge in [-0.1, -0.05) is 19.9 Å². The molecule has 0 atom stereocenters. The summed E-state index contributed by atoms with van der Waals surface area (Å²) in [4.78, 5) is 24.4. The van der Waals surface area contributed by atoms with Gasteiger partial charge < -0.3 is 10.6 Å². The maximum atomic E-state index is 12.3. The fourth-order valence-electron chi connectivity index (χ4n) is 2.08. The Labute approximate surface area is 142 Å². The van der Waals surface area contributed by atoms with Crippen molar-refractivity contribution in [2.75, 3.05) is 11.9 Å². The smallest absolute Gasteiger partial charge is 0.258 e. The summed E-state index contributed by atoms with van der Waals surface area (Å²) in [5, 5.41) is 9.82. The van der Waals surface area contributed by atoms with E-state index in [9.17, 15) is 9.59 Å². The molecule has 2 rings (SSSR count). The third-order valence-corrected chi connectivity index (χ3v) is 3.45. The first kappa shape index (κ1) is 17.7. The maximum absolute atomic E-state index is 12.3. The average molecular weight is 328 g/mol. The third-order valence-electron chi connectivity index (χ3n) is 3.45. The molecule has 0 saturated carbocycles. The second-order valence-corrected chi connectivity index (χ2v) is 6.44. The molecule has 1 heterocycles. The summed E-state index contributed by atoms with van der Waals surface area (Å²) in [7, 11) is 0. The molecular formula is C18H24N4O2. The van der Waals surface area contributed by atoms with Gasteiger partial charge in [0.25, 0.3) is 11.8 Å². The molecule has 128 valence electrons. The van der Waals surface area contributed by atoms with E-state index in [2.05, 4.69) is 15.7 Å². The summed E-state index contributed by atoms with van der Waals surface area (Å²) in [6, 6.07) is 7.09. The predicted molar refractivity (Wildman–Crippen MR) is 94.2 cm³/mol. The first-order chi connectivity index (χ1) is 11.4. The van der Waals surface area contributed by atoms with Crippen molar-refractivity contribution in [2.24, 2.45) is 5.92 Å². The number of nitrogens with one attached hydrogen (secondary N) is 2. The molecule has 2 N–H and O–H groups in total. The largest absolute Gasteiger partial charge is 0.352 e. The number of amides is 2. The van der Waals surface area contributed by atoms with Crippen LogP contribution in [0, 0.1) is 5.92 Å². The fourth-order valence-corrected chi connectivity index (χ4v) is 2.08. The number of hydrogen-bond acceptors (Lipinski definition) is 3. The zero-order valence-electron chi connectivity index (χ0n) is 14.5. The summed E-state index contributed by atoms with van der Waals surface area (Å²) in [6.07, 6.45) is 3.24. The van der Waals surface area contributed by atoms with Crippen LogP contribution in [0.1, 0.15) is 54.5 Å². The minimum Gasteiger partial charge on any atom is -0.352 e. The topological polar surface area (TPSA) is 76.0 Å². The van der Waals surface area contributed by atoms with Gasteiger partial charge >= 0.3 is 0 Å². The van der Waals surface area contributed by atoms with Gasteiger partial charge in [0.05, 0.1) is 11.8 Å². The zero-order chi connectivity index (χ0) is 17.7. The van der Waals surface area contributed by atoms with Crippen LogP contribution in [-0.2, 0) is 0 Å². The average Bonchev–Trinajstić information content (AvgIpc) is 3.03. The van der Waals surface area contributed by atoms with Crippen LogP contribution in [0.5, 0.6) is 0 Å². The number of carbonyl (C=O) groups is 2. The molecule has 0 aliphatic rings. The Morgan fingerprint density at radius 1 is 1.12 bits per heavy atom. The number of hydrogen-bond donors (Lipinski definition) is 2. The van der Waals surface area contributed by atoms with Crippen molar-refractivity contribution >= 4 is 17.5 Å². The highest BCUT2D eigenvalue weighted by Gasteiger charge is 2.12. The molecule has 0 unspecified atom stereocenters. The quantitative estimate of drug-likeness (QED) is 0.855. The van der Waals surface area contributed by atoms with E-state index < -0.39 is 0 Å². The first-order valence-electron chi connectivity index (χ1n) is 8.10. The summed E-state index contributed by atoms with van der Waals surface area (Å²) in [5.74, 6) is -0.0107. The van der Waals surface area contributed by atoms with Gasteiger partial charge in [0, 0.05) is 30.0 Å². The molecule has 6 heteroatoms. The van der Waals surface area contributed by atoms with E-state index in [0.717, 1.165) is 0 Å². The molecule has 0 fully saturated rings. The SMILES string of the molecule is CC(C)CNC(=O)c1cccc(NC(=O)c2cnn(C(C)C)c2)c1. The monoisotopic (exact) mass is 328 g/mol. The van der Waals surface area contributed by atoms with Crippen LogP contribution >= 0.6 is 0 Å². The normalized spacial score (nSPS) is 10.9. The molecular weight excluding hydrogens is 304 g/mol. The number of anilines is 1. The number of rotatable bonds is 6. The minimum atomic E-state index is -0.248. The Hall–Kier alpha value is -2.63. The van der Waals surface area contributed by atoms with Gasteiger partial charge in [-0.05, 0) is 38.0 Å². The molecule has 0 radical (unpaired) electrons. The van der Waals surface area contributed by atoms with Crippen LogP contribution in [0.2, 0.25) is 0 Å². The van der Waals surface area contributed by atoms with E-state index in [-0.39, 0.29) is 17.9 Å². The molecule has 0 aliphatic heterocycles. The van der Waals surface area contributed by atoms with Crippen LogP contribution in [0.3, 0.4) is 0 Å². The van der Waals surface area contributed by atoms with Gasteiger partial charge in [-0.3, -0.25) is 14.3 Å². The van der Waals surface area contributed by atoms with Crippen molar-refractivity contribution in [2.45, 2.75) is 33.7 Å². The zero-order valence-corrected chi connectivity index (χ0v) is 14.5. The van der Waals surface area contributed by atoms with Crippen molar-refractivity contribution < 1.29 is 9.59 Å². The molecule has 2 aromatic rings. The molecule has 6 nitrogen and oxygen atoms in total. The van der Waals surface area contributed by atoms with Crippen molar-refractivity contribution in [1.29, 1.82) is 0 Å². The number of nitrogens with zero attached hydrogens (tertiary/aromatic N) is 2. The van der Waals surface area contributed by atoms with Crippen LogP contribution in [0.4, 0.5) is 5.69 Å². The summed E-state index contributed by atoms with van der Waals surface area (Å²) < 4.78 is 1.73. The van der Waals surface area contributed by atoms with Gasteiger partial charge in [0.15, 0.2) is 0 Å². The number of carbonyl (C=O) groups excluding carboxylic acids is 2. The minimum absolute atomic E-state index is 0.146. The Kier molecular flexibility index (Phi) is 5.73. The standard InChI is InChI=1S/C18H24N4O2/c1-12(2)9-19-17(23)14-6-5-7-16(8-14)21-18(24)15-10-20-22(11-15)13(3)4/h5-8,10-13H,9H2,1-4H3,(H,19,23)(H,21,24). The Balaban J connectivity index is 2.05. The van der Waals surface area contributed by atoms with Crippen LogP contribution in [-0.4, -0.2) is 28.1 Å². The first-order valence-corrected chi connectivity index (χ1v) is 8.10. The Morgan fingerprint density at radius 2 is 1.88 bits per heavy atom. The van der Waals surface area contributed by atoms with Gasteiger partial charge in [-0.2, -0.15) is 5.10 Å². The predicted octanol–water partition coefficient (Wildman–Crippen LogP) is 3.10. The number of aromatic nitrogens is 2. The van der Waals surface area contributed by atoms with Crippen molar-refractivity contribution in [1.82, 2.24) is 15.1 Å². The lowest BCUT2D eigenvalue weighted by molar-refractivity contribution is 0.0947. The second kappa shape index (κ2) is 7.77. The molecule has 2 amide bonds. The van der Waals surface area contributed by atoms with Gasteiger partial charge in [0.1, 0.15) is 0 Å². The summed E-state index contributed by atoms with van der Waals surface area (Å²) >= 11 is 0. The van der Waals surface area contributed by atoms with Crippen molar-refractivity contribution in [3.63, 3.8) is 0 Å². The van der Waals surface area contributed by atoms with E-state index in [4.69, 9.17) is 0 Å². The lowest BCUT2D eigenvalue weighted by atomic mass is 10.1. The highest BCUT2D eigenvalue weighted by molar-refractivity contribution is 6.04. The van der Waals surface area contributed by atoms with Crippen LogP contribution in [0.15, 0.2) is 36.7 Å². The van der Waals surface area contributed by atoms with Crippen LogP contribution < -0.4 is 10.6 Å². The van der Waals surface area contributed by atoms with E-state index in [1.165, 1.54) is 6.20 Å². The van der Waals surface area contributed by atoms with Crippen LogP contribution in [0.25, 0.3) is 0 Å². The van der Waals surface area contributed by atoms with E-state index in [0.29, 0.717) is 29.3 Å². The summed E-state index contributed by atoms with van der Waals surface area (Å²) in [5.41, 5.74) is 1.58. The molecule has 1 aromatic carbocycles. The Morgan fingerprint density at radius 3 is 2.50 bits per heavy atom. The lowest BCUT2D eigenvalue weighted by Gasteiger charge is -2.09. The summed E-state index contributed by atoms with van der Waals surface area (Å²) in [6.45, 7) is 8.67. The number of benzene rings is 1. The lowest BCUT2D eigenvalue weighted by Crippen LogP contribution is -2.27. The molecule has 1 aromatic heterocycles. The van der Waals surface area contributed by atoms with Gasteiger partial charge in [-0.25, -0.2) is 0 Å². The highest BCUT2D eigenvalue weighted by Crippen LogP contribution is 2.13. The molecule has 0 saturated heterocycles. The maximum Gasteiger partial charge on any atom is 0.258 e. The molecule has 0 aliphatic carbocycles. The molecule has 0 bridgehead atoms. The van der Waals surface area contributed by atoms with Crippen molar-refractivity contribution in [3.8, 4) is 0 Å². The van der Waals surface area contributed by atoms with Gasteiger partial charge in [-0.15, -0.1) is 0 Å². The second-order valence-electron chi connectivity index (χ2n) is 6.44. The Bertz CT molecular complexity index is 719. The molecule has 24 heavy (non-hydrogen) atoms. The molecule has 0 spiro atoms.